The number of hydrogen-bond donors (Lipinski definition) is 3. The van der Waals surface area contributed by atoms with Crippen LogP contribution in [0.2, 0.25) is 0 Å². The van der Waals surface area contributed by atoms with E-state index in [1.807, 2.05) is 12.1 Å². The van der Waals surface area contributed by atoms with Crippen LogP contribution in [0.1, 0.15) is 29.5 Å². The van der Waals surface area contributed by atoms with E-state index >= 15 is 0 Å². The number of aliphatic hydroxyl groups excluding tert-OH is 1. The summed E-state index contributed by atoms with van der Waals surface area (Å²) < 4.78 is 0. The maximum Gasteiger partial charge on any atom is 0.328 e. The van der Waals surface area contributed by atoms with E-state index in [1.165, 1.54) is 24.0 Å². The number of carbonyl (C=O) groups is 2. The highest BCUT2D eigenvalue weighted by Crippen LogP contribution is 2.22. The molecule has 20 heavy (non-hydrogen) atoms. The second-order valence-electron chi connectivity index (χ2n) is 5.13. The number of benzene rings is 1. The van der Waals surface area contributed by atoms with E-state index in [2.05, 4.69) is 11.4 Å². The Kier molecular flexibility index (Phi) is 4.74. The first-order chi connectivity index (χ1) is 9.60. The lowest BCUT2D eigenvalue weighted by Gasteiger charge is -2.17. The fraction of sp³-hybridized carbons (Fsp3) is 0.467. The van der Waals surface area contributed by atoms with Crippen LogP contribution in [0.25, 0.3) is 0 Å². The number of hydrogen-bond acceptors (Lipinski definition) is 3. The van der Waals surface area contributed by atoms with Crippen LogP contribution in [0.3, 0.4) is 0 Å². The number of aryl methyl sites for hydroxylation is 2. The van der Waals surface area contributed by atoms with Crippen LogP contribution in [-0.2, 0) is 28.9 Å². The molecule has 0 bridgehead atoms. The van der Waals surface area contributed by atoms with Crippen LogP contribution < -0.4 is 5.32 Å². The maximum atomic E-state index is 11.8. The molecule has 0 aromatic heterocycles. The van der Waals surface area contributed by atoms with Crippen LogP contribution in [0, 0.1) is 0 Å². The summed E-state index contributed by atoms with van der Waals surface area (Å²) in [6, 6.07) is 4.76. The summed E-state index contributed by atoms with van der Waals surface area (Å²) in [4.78, 5) is 22.5. The second kappa shape index (κ2) is 6.52. The van der Waals surface area contributed by atoms with Gasteiger partial charge in [-0.1, -0.05) is 18.2 Å². The van der Waals surface area contributed by atoms with Crippen molar-refractivity contribution in [3.8, 4) is 0 Å². The average Bonchev–Trinajstić information content (AvgIpc) is 2.44. The summed E-state index contributed by atoms with van der Waals surface area (Å²) in [5, 5.41) is 20.0. The first-order valence-electron chi connectivity index (χ1n) is 6.84. The predicted octanol–water partition coefficient (Wildman–Crippen LogP) is 0.670. The van der Waals surface area contributed by atoms with Gasteiger partial charge >= 0.3 is 5.97 Å². The molecule has 0 saturated carbocycles. The summed E-state index contributed by atoms with van der Waals surface area (Å²) in [6.07, 6.45) is 4.65. The van der Waals surface area contributed by atoms with Crippen molar-refractivity contribution in [3.05, 3.63) is 34.9 Å². The van der Waals surface area contributed by atoms with Gasteiger partial charge in [0.05, 0.1) is 13.0 Å². The molecule has 2 rings (SSSR count). The van der Waals surface area contributed by atoms with Crippen molar-refractivity contribution in [2.75, 3.05) is 6.61 Å². The molecule has 0 unspecified atom stereocenters. The Morgan fingerprint density at radius 3 is 2.55 bits per heavy atom. The molecule has 5 heteroatoms. The average molecular weight is 277 g/mol. The normalized spacial score (nSPS) is 15.2. The fourth-order valence-corrected chi connectivity index (χ4v) is 2.51. The van der Waals surface area contributed by atoms with Crippen molar-refractivity contribution in [1.82, 2.24) is 5.32 Å². The maximum absolute atomic E-state index is 11.8. The van der Waals surface area contributed by atoms with Crippen molar-refractivity contribution in [2.24, 2.45) is 0 Å². The quantitative estimate of drug-likeness (QED) is 0.738. The van der Waals surface area contributed by atoms with E-state index in [0.29, 0.717) is 0 Å². The summed E-state index contributed by atoms with van der Waals surface area (Å²) in [5.41, 5.74) is 3.52. The van der Waals surface area contributed by atoms with E-state index in [4.69, 9.17) is 10.2 Å². The van der Waals surface area contributed by atoms with Gasteiger partial charge in [0.15, 0.2) is 0 Å². The highest BCUT2D eigenvalue weighted by Gasteiger charge is 2.19. The lowest BCUT2D eigenvalue weighted by Crippen LogP contribution is -2.43. The lowest BCUT2D eigenvalue weighted by molar-refractivity contribution is -0.142. The van der Waals surface area contributed by atoms with Gasteiger partial charge in [-0.3, -0.25) is 4.79 Å². The molecule has 0 spiro atoms. The topological polar surface area (TPSA) is 86.6 Å². The monoisotopic (exact) mass is 277 g/mol. The molecule has 1 aliphatic carbocycles. The Balaban J connectivity index is 1.99. The molecule has 0 saturated heterocycles. The van der Waals surface area contributed by atoms with Crippen LogP contribution in [0.15, 0.2) is 18.2 Å². The molecule has 1 amide bonds. The van der Waals surface area contributed by atoms with Crippen LogP contribution in [0.4, 0.5) is 0 Å². The van der Waals surface area contributed by atoms with Gasteiger partial charge in [0.25, 0.3) is 0 Å². The molecule has 1 aromatic carbocycles. The predicted molar refractivity (Wildman–Crippen MR) is 73.4 cm³/mol. The minimum Gasteiger partial charge on any atom is -0.480 e. The number of nitrogens with one attached hydrogen (secondary N) is 1. The fourth-order valence-electron chi connectivity index (χ4n) is 2.51. The standard InChI is InChI=1S/C15H19NO4/c17-9-13(15(19)20)16-14(18)8-10-5-6-11-3-1-2-4-12(11)7-10/h5-7,13,17H,1-4,8-9H2,(H,16,18)(H,19,20)/t13-/m0/s1. The minimum atomic E-state index is -1.24. The summed E-state index contributed by atoms with van der Waals surface area (Å²) in [6.45, 7) is -0.606. The van der Waals surface area contributed by atoms with E-state index in [-0.39, 0.29) is 12.3 Å². The first kappa shape index (κ1) is 14.5. The van der Waals surface area contributed by atoms with E-state index in [0.717, 1.165) is 18.4 Å². The van der Waals surface area contributed by atoms with Gasteiger partial charge in [0.2, 0.25) is 5.91 Å². The smallest absolute Gasteiger partial charge is 0.328 e. The van der Waals surface area contributed by atoms with Gasteiger partial charge in [-0.05, 0) is 42.4 Å². The number of carbonyl (C=O) groups excluding carboxylic acids is 1. The van der Waals surface area contributed by atoms with E-state index < -0.39 is 18.6 Å². The van der Waals surface area contributed by atoms with Gasteiger partial charge in [0, 0.05) is 0 Å². The van der Waals surface area contributed by atoms with Gasteiger partial charge < -0.3 is 15.5 Å². The number of carboxylic acids is 1. The highest BCUT2D eigenvalue weighted by atomic mass is 16.4. The second-order valence-corrected chi connectivity index (χ2v) is 5.13. The third-order valence-corrected chi connectivity index (χ3v) is 3.59. The Morgan fingerprint density at radius 1 is 1.20 bits per heavy atom. The number of aliphatic hydroxyl groups is 1. The Morgan fingerprint density at radius 2 is 1.90 bits per heavy atom. The first-order valence-corrected chi connectivity index (χ1v) is 6.84. The van der Waals surface area contributed by atoms with Gasteiger partial charge in [0.1, 0.15) is 6.04 Å². The van der Waals surface area contributed by atoms with Crippen molar-refractivity contribution < 1.29 is 19.8 Å². The molecule has 1 aromatic rings. The number of carboxylic acid groups (broad SMARTS) is 1. The molecule has 0 aliphatic heterocycles. The number of aliphatic carboxylic acids is 1. The Hall–Kier alpha value is -1.88. The van der Waals surface area contributed by atoms with E-state index in [1.54, 1.807) is 0 Å². The molecule has 1 atom stereocenters. The zero-order valence-electron chi connectivity index (χ0n) is 11.3. The molecule has 0 heterocycles. The Labute approximate surface area is 117 Å². The molecule has 3 N–H and O–H groups in total. The number of fused-ring (bicyclic) bond motifs is 1. The number of rotatable bonds is 5. The summed E-state index contributed by atoms with van der Waals surface area (Å²) in [5.74, 6) is -1.62. The molecular weight excluding hydrogens is 258 g/mol. The van der Waals surface area contributed by atoms with Crippen molar-refractivity contribution in [3.63, 3.8) is 0 Å². The third-order valence-electron chi connectivity index (χ3n) is 3.59. The lowest BCUT2D eigenvalue weighted by atomic mass is 9.90. The minimum absolute atomic E-state index is 0.136. The molecule has 0 radical (unpaired) electrons. The summed E-state index contributed by atoms with van der Waals surface area (Å²) in [7, 11) is 0. The molecule has 108 valence electrons. The molecular formula is C15H19NO4. The van der Waals surface area contributed by atoms with Crippen molar-refractivity contribution in [1.29, 1.82) is 0 Å². The largest absolute Gasteiger partial charge is 0.480 e. The molecule has 5 nitrogen and oxygen atoms in total. The summed E-state index contributed by atoms with van der Waals surface area (Å²) >= 11 is 0. The number of amides is 1. The van der Waals surface area contributed by atoms with Gasteiger partial charge in [-0.2, -0.15) is 0 Å². The van der Waals surface area contributed by atoms with Crippen LogP contribution in [0.5, 0.6) is 0 Å². The highest BCUT2D eigenvalue weighted by molar-refractivity contribution is 5.84. The van der Waals surface area contributed by atoms with Crippen LogP contribution >= 0.6 is 0 Å². The zero-order valence-corrected chi connectivity index (χ0v) is 11.3. The van der Waals surface area contributed by atoms with Gasteiger partial charge in [-0.25, -0.2) is 4.79 Å². The van der Waals surface area contributed by atoms with Crippen molar-refractivity contribution >= 4 is 11.9 Å². The van der Waals surface area contributed by atoms with E-state index in [9.17, 15) is 9.59 Å². The third kappa shape index (κ3) is 3.57. The Bertz CT molecular complexity index is 513. The molecule has 1 aliphatic rings. The van der Waals surface area contributed by atoms with Gasteiger partial charge in [-0.15, -0.1) is 0 Å². The van der Waals surface area contributed by atoms with Crippen molar-refractivity contribution in [2.45, 2.75) is 38.1 Å². The zero-order chi connectivity index (χ0) is 14.5. The molecule has 0 fully saturated rings. The SMILES string of the molecule is O=C(Cc1ccc2c(c1)CCCC2)N[C@@H](CO)C(=O)O. The van der Waals surface area contributed by atoms with Crippen LogP contribution in [-0.4, -0.2) is 34.7 Å².